The van der Waals surface area contributed by atoms with E-state index < -0.39 is 26.6 Å². The molecule has 1 N–H and O–H groups in total. The van der Waals surface area contributed by atoms with E-state index in [1.165, 1.54) is 0 Å². The standard InChI is InChI=1S/C14H16F2N4O2S/c1-9-7-13(20(2)3)19-12(18-9)8-17-23(21,22)14-10(15)5-4-6-11(14)16/h4-7,17H,8H2,1-3H3. The minimum atomic E-state index is -4.36. The van der Waals surface area contributed by atoms with Gasteiger partial charge in [-0.15, -0.1) is 0 Å². The lowest BCUT2D eigenvalue weighted by Gasteiger charge is -2.13. The zero-order valence-corrected chi connectivity index (χ0v) is 13.7. The normalized spacial score (nSPS) is 11.5. The molecule has 6 nitrogen and oxygen atoms in total. The van der Waals surface area contributed by atoms with Crippen LogP contribution in [0.15, 0.2) is 29.2 Å². The molecule has 0 radical (unpaired) electrons. The SMILES string of the molecule is Cc1cc(N(C)C)nc(CNS(=O)(=O)c2c(F)cccc2F)n1. The number of anilines is 1. The minimum absolute atomic E-state index is 0.203. The van der Waals surface area contributed by atoms with Gasteiger partial charge in [0, 0.05) is 25.9 Å². The van der Waals surface area contributed by atoms with Crippen molar-refractivity contribution < 1.29 is 17.2 Å². The quantitative estimate of drug-likeness (QED) is 0.893. The fourth-order valence-corrected chi connectivity index (χ4v) is 3.00. The maximum atomic E-state index is 13.6. The van der Waals surface area contributed by atoms with E-state index in [0.717, 1.165) is 18.2 Å². The van der Waals surface area contributed by atoms with Crippen LogP contribution in [0.3, 0.4) is 0 Å². The monoisotopic (exact) mass is 342 g/mol. The lowest BCUT2D eigenvalue weighted by molar-refractivity contribution is 0.513. The molecule has 2 rings (SSSR count). The third kappa shape index (κ3) is 3.99. The predicted octanol–water partition coefficient (Wildman–Crippen LogP) is 1.61. The Bertz CT molecular complexity index is 805. The fourth-order valence-electron chi connectivity index (χ4n) is 1.89. The Hall–Kier alpha value is -2.13. The number of rotatable bonds is 5. The average molecular weight is 342 g/mol. The van der Waals surface area contributed by atoms with E-state index in [0.29, 0.717) is 11.5 Å². The Kier molecular flexibility index (Phi) is 4.90. The van der Waals surface area contributed by atoms with E-state index in [9.17, 15) is 17.2 Å². The molecule has 0 fully saturated rings. The first-order chi connectivity index (χ1) is 10.7. The Morgan fingerprint density at radius 2 is 1.78 bits per heavy atom. The van der Waals surface area contributed by atoms with Crippen molar-refractivity contribution in [2.45, 2.75) is 18.4 Å². The molecule has 0 aliphatic carbocycles. The molecule has 0 aliphatic rings. The number of aryl methyl sites for hydroxylation is 1. The molecule has 2 aromatic rings. The number of halogens is 2. The summed E-state index contributed by atoms with van der Waals surface area (Å²) in [6.07, 6.45) is 0. The summed E-state index contributed by atoms with van der Waals surface area (Å²) in [7, 11) is -0.795. The number of sulfonamides is 1. The molecule has 23 heavy (non-hydrogen) atoms. The van der Waals surface area contributed by atoms with Crippen LogP contribution in [0.2, 0.25) is 0 Å². The molecule has 0 atom stereocenters. The van der Waals surface area contributed by atoms with E-state index in [1.807, 2.05) is 0 Å². The van der Waals surface area contributed by atoms with Crippen molar-refractivity contribution in [2.75, 3.05) is 19.0 Å². The van der Waals surface area contributed by atoms with Crippen LogP contribution in [0.25, 0.3) is 0 Å². The highest BCUT2D eigenvalue weighted by atomic mass is 32.2. The maximum Gasteiger partial charge on any atom is 0.246 e. The van der Waals surface area contributed by atoms with Crippen molar-refractivity contribution in [3.8, 4) is 0 Å². The maximum absolute atomic E-state index is 13.6. The lowest BCUT2D eigenvalue weighted by Crippen LogP contribution is -2.26. The Balaban J connectivity index is 2.27. The molecule has 9 heteroatoms. The van der Waals surface area contributed by atoms with Crippen LogP contribution in [0.5, 0.6) is 0 Å². The molecule has 124 valence electrons. The average Bonchev–Trinajstić information content (AvgIpc) is 2.44. The van der Waals surface area contributed by atoms with Crippen molar-refractivity contribution >= 4 is 15.8 Å². The van der Waals surface area contributed by atoms with Gasteiger partial charge in [-0.3, -0.25) is 0 Å². The van der Waals surface area contributed by atoms with Gasteiger partial charge < -0.3 is 4.90 Å². The third-order valence-electron chi connectivity index (χ3n) is 2.95. The van der Waals surface area contributed by atoms with E-state index in [1.54, 1.807) is 32.0 Å². The number of nitrogens with one attached hydrogen (secondary N) is 1. The van der Waals surface area contributed by atoms with Gasteiger partial charge in [0.2, 0.25) is 10.0 Å². The highest BCUT2D eigenvalue weighted by molar-refractivity contribution is 7.89. The second-order valence-corrected chi connectivity index (χ2v) is 6.76. The van der Waals surface area contributed by atoms with E-state index >= 15 is 0 Å². The molecule has 1 heterocycles. The summed E-state index contributed by atoms with van der Waals surface area (Å²) < 4.78 is 53.5. The summed E-state index contributed by atoms with van der Waals surface area (Å²) >= 11 is 0. The molecule has 0 saturated carbocycles. The second-order valence-electron chi connectivity index (χ2n) is 5.05. The first-order valence-corrected chi connectivity index (χ1v) is 8.14. The van der Waals surface area contributed by atoms with Gasteiger partial charge in [0.1, 0.15) is 23.3 Å². The van der Waals surface area contributed by atoms with E-state index in [2.05, 4.69) is 14.7 Å². The van der Waals surface area contributed by atoms with Gasteiger partial charge >= 0.3 is 0 Å². The molecule has 0 spiro atoms. The van der Waals surface area contributed by atoms with Crippen LogP contribution in [0.4, 0.5) is 14.6 Å². The summed E-state index contributed by atoms with van der Waals surface area (Å²) in [4.78, 5) is 9.01. The van der Waals surface area contributed by atoms with Crippen molar-refractivity contribution in [2.24, 2.45) is 0 Å². The second kappa shape index (κ2) is 6.55. The highest BCUT2D eigenvalue weighted by Crippen LogP contribution is 2.18. The lowest BCUT2D eigenvalue weighted by atomic mass is 10.3. The molecule has 0 aliphatic heterocycles. The molecular formula is C14H16F2N4O2S. The number of hydrogen-bond acceptors (Lipinski definition) is 5. The zero-order valence-electron chi connectivity index (χ0n) is 12.8. The van der Waals surface area contributed by atoms with Crippen molar-refractivity contribution in [1.82, 2.24) is 14.7 Å². The summed E-state index contributed by atoms with van der Waals surface area (Å²) in [5.74, 6) is -1.51. The molecule has 0 unspecified atom stereocenters. The molecular weight excluding hydrogens is 326 g/mol. The van der Waals surface area contributed by atoms with E-state index in [4.69, 9.17) is 0 Å². The number of aromatic nitrogens is 2. The van der Waals surface area contributed by atoms with Gasteiger partial charge in [0.05, 0.1) is 6.54 Å². The minimum Gasteiger partial charge on any atom is -0.363 e. The topological polar surface area (TPSA) is 75.2 Å². The van der Waals surface area contributed by atoms with Crippen LogP contribution < -0.4 is 9.62 Å². The molecule has 0 saturated heterocycles. The molecule has 1 aromatic carbocycles. The van der Waals surface area contributed by atoms with Crippen molar-refractivity contribution in [3.63, 3.8) is 0 Å². The van der Waals surface area contributed by atoms with Crippen LogP contribution in [-0.4, -0.2) is 32.5 Å². The zero-order chi connectivity index (χ0) is 17.2. The largest absolute Gasteiger partial charge is 0.363 e. The van der Waals surface area contributed by atoms with Gasteiger partial charge in [0.15, 0.2) is 4.90 Å². The molecule has 0 amide bonds. The summed E-state index contributed by atoms with van der Waals surface area (Å²) in [5, 5.41) is 0. The Morgan fingerprint density at radius 1 is 1.17 bits per heavy atom. The number of nitrogens with zero attached hydrogens (tertiary/aromatic N) is 3. The van der Waals surface area contributed by atoms with Gasteiger partial charge in [0.25, 0.3) is 0 Å². The summed E-state index contributed by atoms with van der Waals surface area (Å²) in [6, 6.07) is 4.58. The molecule has 1 aromatic heterocycles. The van der Waals surface area contributed by atoms with Crippen LogP contribution in [0, 0.1) is 18.6 Å². The third-order valence-corrected chi connectivity index (χ3v) is 4.41. The highest BCUT2D eigenvalue weighted by Gasteiger charge is 2.23. The smallest absolute Gasteiger partial charge is 0.246 e. The van der Waals surface area contributed by atoms with Gasteiger partial charge in [-0.2, -0.15) is 0 Å². The number of hydrogen-bond donors (Lipinski definition) is 1. The van der Waals surface area contributed by atoms with E-state index in [-0.39, 0.29) is 12.4 Å². The van der Waals surface area contributed by atoms with Crippen LogP contribution >= 0.6 is 0 Å². The van der Waals surface area contributed by atoms with Gasteiger partial charge in [-0.25, -0.2) is 31.9 Å². The van der Waals surface area contributed by atoms with Crippen molar-refractivity contribution in [3.05, 3.63) is 47.4 Å². The van der Waals surface area contributed by atoms with Gasteiger partial charge in [-0.05, 0) is 19.1 Å². The van der Waals surface area contributed by atoms with Crippen LogP contribution in [0.1, 0.15) is 11.5 Å². The Morgan fingerprint density at radius 3 is 2.35 bits per heavy atom. The number of benzene rings is 1. The summed E-state index contributed by atoms with van der Waals surface area (Å²) in [5.41, 5.74) is 0.648. The summed E-state index contributed by atoms with van der Waals surface area (Å²) in [6.45, 7) is 1.46. The first-order valence-electron chi connectivity index (χ1n) is 6.66. The first kappa shape index (κ1) is 17.2. The predicted molar refractivity (Wildman–Crippen MR) is 81.5 cm³/mol. The molecule has 0 bridgehead atoms. The van der Waals surface area contributed by atoms with Gasteiger partial charge in [-0.1, -0.05) is 6.07 Å². The van der Waals surface area contributed by atoms with Crippen molar-refractivity contribution in [1.29, 1.82) is 0 Å². The van der Waals surface area contributed by atoms with Crippen LogP contribution in [-0.2, 0) is 16.6 Å². The fraction of sp³-hybridized carbons (Fsp3) is 0.286. The Labute approximate surface area is 133 Å².